The van der Waals surface area contributed by atoms with Gasteiger partial charge >= 0.3 is 0 Å². The molecule has 0 saturated heterocycles. The van der Waals surface area contributed by atoms with Crippen molar-refractivity contribution in [1.82, 2.24) is 10.9 Å². The number of hydrogen-bond acceptors (Lipinski definition) is 4. The van der Waals surface area contributed by atoms with Crippen molar-refractivity contribution in [3.63, 3.8) is 0 Å². The van der Waals surface area contributed by atoms with Crippen LogP contribution in [0.25, 0.3) is 21.5 Å². The molecule has 2 amide bonds. The van der Waals surface area contributed by atoms with E-state index in [0.29, 0.717) is 11.5 Å². The molecular formula is C25H21BrN2O4. The maximum absolute atomic E-state index is 12.3. The van der Waals surface area contributed by atoms with Crippen molar-refractivity contribution in [1.29, 1.82) is 0 Å². The number of hydrazine groups is 1. The van der Waals surface area contributed by atoms with E-state index >= 15 is 0 Å². The average Bonchev–Trinajstić information content (AvgIpc) is 2.82. The molecule has 7 heteroatoms. The molecule has 4 rings (SSSR count). The Bertz CT molecular complexity index is 1290. The van der Waals surface area contributed by atoms with E-state index in [1.54, 1.807) is 19.1 Å². The molecule has 0 radical (unpaired) electrons. The highest BCUT2D eigenvalue weighted by Gasteiger charge is 2.16. The molecule has 0 bridgehead atoms. The monoisotopic (exact) mass is 492 g/mol. The van der Waals surface area contributed by atoms with Crippen molar-refractivity contribution in [2.24, 2.45) is 0 Å². The Morgan fingerprint density at radius 3 is 2.38 bits per heavy atom. The molecule has 0 aliphatic heterocycles. The van der Waals surface area contributed by atoms with Crippen molar-refractivity contribution in [2.45, 2.75) is 13.0 Å². The predicted octanol–water partition coefficient (Wildman–Crippen LogP) is 4.75. The van der Waals surface area contributed by atoms with Crippen molar-refractivity contribution >= 4 is 49.3 Å². The smallest absolute Gasteiger partial charge is 0.279 e. The third-order valence-electron chi connectivity index (χ3n) is 4.91. The second-order valence-electron chi connectivity index (χ2n) is 7.19. The summed E-state index contributed by atoms with van der Waals surface area (Å²) in [7, 11) is 0. The molecule has 0 aromatic heterocycles. The van der Waals surface area contributed by atoms with Crippen molar-refractivity contribution in [2.75, 3.05) is 6.61 Å². The largest absolute Gasteiger partial charge is 0.483 e. The number of carbonyl (C=O) groups excluding carboxylic acids is 2. The molecule has 1 unspecified atom stereocenters. The lowest BCUT2D eigenvalue weighted by Crippen LogP contribution is -2.48. The van der Waals surface area contributed by atoms with Gasteiger partial charge in [-0.1, -0.05) is 60.7 Å². The number of hydrogen-bond donors (Lipinski definition) is 2. The molecule has 0 heterocycles. The van der Waals surface area contributed by atoms with E-state index in [1.165, 1.54) is 0 Å². The van der Waals surface area contributed by atoms with E-state index in [9.17, 15) is 9.59 Å². The molecule has 162 valence electrons. The number of ether oxygens (including phenoxy) is 2. The fourth-order valence-electron chi connectivity index (χ4n) is 3.24. The van der Waals surface area contributed by atoms with E-state index in [4.69, 9.17) is 9.47 Å². The van der Waals surface area contributed by atoms with Gasteiger partial charge in [0.05, 0.1) is 4.47 Å². The average molecular weight is 493 g/mol. The zero-order valence-electron chi connectivity index (χ0n) is 17.3. The van der Waals surface area contributed by atoms with Crippen LogP contribution in [0.4, 0.5) is 0 Å². The first-order chi connectivity index (χ1) is 15.5. The van der Waals surface area contributed by atoms with Gasteiger partial charge in [-0.25, -0.2) is 0 Å². The predicted molar refractivity (Wildman–Crippen MR) is 127 cm³/mol. The Kier molecular flexibility index (Phi) is 6.56. The molecular weight excluding hydrogens is 472 g/mol. The Hall–Kier alpha value is -3.58. The number of nitrogens with one attached hydrogen (secondary N) is 2. The van der Waals surface area contributed by atoms with E-state index in [0.717, 1.165) is 26.0 Å². The number of halogens is 1. The first kappa shape index (κ1) is 21.6. The number of benzene rings is 4. The molecule has 32 heavy (non-hydrogen) atoms. The Labute approximate surface area is 193 Å². The lowest BCUT2D eigenvalue weighted by Gasteiger charge is -2.16. The first-order valence-electron chi connectivity index (χ1n) is 10.1. The normalized spacial score (nSPS) is 11.7. The van der Waals surface area contributed by atoms with Crippen LogP contribution in [0.2, 0.25) is 0 Å². The summed E-state index contributed by atoms with van der Waals surface area (Å²) in [6.07, 6.45) is -0.799. The fraction of sp³-hybridized carbons (Fsp3) is 0.120. The maximum Gasteiger partial charge on any atom is 0.279 e. The van der Waals surface area contributed by atoms with E-state index in [1.807, 2.05) is 66.7 Å². The standard InChI is InChI=1S/C25H21BrN2O4/c1-16(32-20-12-10-17-6-2-3-8-19(17)14-20)25(30)28-27-23(29)15-31-22-13-11-18-7-4-5-9-21(18)24(22)26/h2-14,16H,15H2,1H3,(H,27,29)(H,28,30). The van der Waals surface area contributed by atoms with Gasteiger partial charge in [-0.05, 0) is 62.6 Å². The van der Waals surface area contributed by atoms with E-state index in [2.05, 4.69) is 26.8 Å². The SMILES string of the molecule is CC(Oc1ccc2ccccc2c1)C(=O)NNC(=O)COc1ccc2ccccc2c1Br. The summed E-state index contributed by atoms with van der Waals surface area (Å²) in [5, 5.41) is 4.15. The van der Waals surface area contributed by atoms with Gasteiger partial charge in [0.1, 0.15) is 11.5 Å². The van der Waals surface area contributed by atoms with Crippen molar-refractivity contribution < 1.29 is 19.1 Å². The summed E-state index contributed by atoms with van der Waals surface area (Å²) < 4.78 is 12.1. The zero-order valence-corrected chi connectivity index (χ0v) is 18.9. The van der Waals surface area contributed by atoms with Crippen molar-refractivity contribution in [3.05, 3.63) is 83.3 Å². The zero-order chi connectivity index (χ0) is 22.5. The third kappa shape index (κ3) is 5.00. The topological polar surface area (TPSA) is 76.7 Å². The van der Waals surface area contributed by atoms with E-state index in [-0.39, 0.29) is 6.61 Å². The van der Waals surface area contributed by atoms with Crippen LogP contribution in [0.5, 0.6) is 11.5 Å². The highest BCUT2D eigenvalue weighted by molar-refractivity contribution is 9.10. The van der Waals surface area contributed by atoms with Crippen LogP contribution in [-0.4, -0.2) is 24.5 Å². The van der Waals surface area contributed by atoms with Crippen LogP contribution >= 0.6 is 15.9 Å². The lowest BCUT2D eigenvalue weighted by atomic mass is 10.1. The van der Waals surface area contributed by atoms with Crippen LogP contribution in [0, 0.1) is 0 Å². The Morgan fingerprint density at radius 1 is 0.875 bits per heavy atom. The van der Waals surface area contributed by atoms with Gasteiger partial charge in [-0.2, -0.15) is 0 Å². The Balaban J connectivity index is 1.27. The second kappa shape index (κ2) is 9.70. The van der Waals surface area contributed by atoms with Gasteiger partial charge in [-0.15, -0.1) is 0 Å². The number of carbonyl (C=O) groups is 2. The summed E-state index contributed by atoms with van der Waals surface area (Å²) in [5.74, 6) is 0.148. The number of fused-ring (bicyclic) bond motifs is 2. The number of rotatable bonds is 6. The maximum atomic E-state index is 12.3. The molecule has 0 aliphatic rings. The van der Waals surface area contributed by atoms with Crippen LogP contribution < -0.4 is 20.3 Å². The summed E-state index contributed by atoms with van der Waals surface area (Å²) in [5.41, 5.74) is 4.71. The first-order valence-corrected chi connectivity index (χ1v) is 10.8. The van der Waals surface area contributed by atoms with Crippen LogP contribution in [0.3, 0.4) is 0 Å². The van der Waals surface area contributed by atoms with Crippen LogP contribution in [0.1, 0.15) is 6.92 Å². The van der Waals surface area contributed by atoms with Gasteiger partial charge in [0.15, 0.2) is 12.7 Å². The highest BCUT2D eigenvalue weighted by atomic mass is 79.9. The fourth-order valence-corrected chi connectivity index (χ4v) is 3.84. The van der Waals surface area contributed by atoms with Gasteiger partial charge in [0.25, 0.3) is 11.8 Å². The number of amides is 2. The van der Waals surface area contributed by atoms with Gasteiger partial charge in [0, 0.05) is 0 Å². The Morgan fingerprint density at radius 2 is 1.56 bits per heavy atom. The van der Waals surface area contributed by atoms with E-state index < -0.39 is 17.9 Å². The second-order valence-corrected chi connectivity index (χ2v) is 7.99. The molecule has 0 saturated carbocycles. The molecule has 4 aromatic carbocycles. The summed E-state index contributed by atoms with van der Waals surface area (Å²) >= 11 is 3.52. The molecule has 1 atom stereocenters. The highest BCUT2D eigenvalue weighted by Crippen LogP contribution is 2.32. The van der Waals surface area contributed by atoms with Crippen LogP contribution in [-0.2, 0) is 9.59 Å². The molecule has 2 N–H and O–H groups in total. The summed E-state index contributed by atoms with van der Waals surface area (Å²) in [4.78, 5) is 24.4. The third-order valence-corrected chi connectivity index (χ3v) is 5.73. The molecule has 4 aromatic rings. The van der Waals surface area contributed by atoms with Crippen molar-refractivity contribution in [3.8, 4) is 11.5 Å². The lowest BCUT2D eigenvalue weighted by molar-refractivity contribution is -0.133. The van der Waals surface area contributed by atoms with Gasteiger partial charge < -0.3 is 9.47 Å². The minimum Gasteiger partial charge on any atom is -0.483 e. The minimum atomic E-state index is -0.799. The molecule has 6 nitrogen and oxygen atoms in total. The molecule has 0 fully saturated rings. The quantitative estimate of drug-likeness (QED) is 0.380. The van der Waals surface area contributed by atoms with Gasteiger partial charge in [-0.3, -0.25) is 20.4 Å². The molecule has 0 aliphatic carbocycles. The minimum absolute atomic E-state index is 0.253. The summed E-state index contributed by atoms with van der Waals surface area (Å²) in [6.45, 7) is 1.36. The van der Waals surface area contributed by atoms with Crippen LogP contribution in [0.15, 0.2) is 83.3 Å². The summed E-state index contributed by atoms with van der Waals surface area (Å²) in [6, 6.07) is 25.0. The van der Waals surface area contributed by atoms with Gasteiger partial charge in [0.2, 0.25) is 0 Å². The molecule has 0 spiro atoms.